The van der Waals surface area contributed by atoms with E-state index in [2.05, 4.69) is 15.9 Å². The summed E-state index contributed by atoms with van der Waals surface area (Å²) < 4.78 is 43.4. The maximum atomic E-state index is 12.5. The second kappa shape index (κ2) is 4.11. The largest absolute Gasteiger partial charge is 0.493 e. The van der Waals surface area contributed by atoms with E-state index in [4.69, 9.17) is 16.3 Å². The maximum absolute atomic E-state index is 12.5. The first-order valence-electron chi connectivity index (χ1n) is 4.55. The number of hydrogen-bond acceptors (Lipinski definition) is 1. The zero-order valence-corrected chi connectivity index (χ0v) is 10.3. The Morgan fingerprint density at radius 2 is 2.06 bits per heavy atom. The molecule has 0 fully saturated rings. The molecule has 1 aliphatic rings. The first-order chi connectivity index (χ1) is 7.39. The number of rotatable bonds is 1. The molecule has 0 N–H and O–H groups in total. The van der Waals surface area contributed by atoms with Crippen molar-refractivity contribution in [2.75, 3.05) is 6.61 Å². The minimum Gasteiger partial charge on any atom is -0.493 e. The van der Waals surface area contributed by atoms with Crippen molar-refractivity contribution in [3.05, 3.63) is 27.7 Å². The van der Waals surface area contributed by atoms with E-state index in [9.17, 15) is 13.2 Å². The molecular weight excluding hydrogens is 308 g/mol. The van der Waals surface area contributed by atoms with Gasteiger partial charge in [-0.15, -0.1) is 11.6 Å². The van der Waals surface area contributed by atoms with Gasteiger partial charge in [-0.2, -0.15) is 13.2 Å². The molecule has 1 unspecified atom stereocenters. The van der Waals surface area contributed by atoms with Gasteiger partial charge in [0.25, 0.3) is 0 Å². The molecule has 0 radical (unpaired) electrons. The number of ether oxygens (including phenoxy) is 1. The highest BCUT2D eigenvalue weighted by molar-refractivity contribution is 9.10. The maximum Gasteiger partial charge on any atom is 0.409 e. The predicted molar refractivity (Wildman–Crippen MR) is 58.0 cm³/mol. The average molecular weight is 316 g/mol. The minimum atomic E-state index is -4.47. The first kappa shape index (κ1) is 12.0. The van der Waals surface area contributed by atoms with Gasteiger partial charge >= 0.3 is 6.18 Å². The fourth-order valence-corrected chi connectivity index (χ4v) is 2.35. The Balaban J connectivity index is 2.49. The number of hydrogen-bond donors (Lipinski definition) is 0. The normalized spacial score (nSPS) is 16.8. The second-order valence-corrected chi connectivity index (χ2v) is 4.84. The number of alkyl halides is 4. The summed E-state index contributed by atoms with van der Waals surface area (Å²) >= 11 is 8.58. The quantitative estimate of drug-likeness (QED) is 0.705. The van der Waals surface area contributed by atoms with Gasteiger partial charge in [-0.05, 0) is 17.7 Å². The Hall–Kier alpha value is -0.420. The summed E-state index contributed by atoms with van der Waals surface area (Å²) in [6.45, 7) is 0.403. The smallest absolute Gasteiger partial charge is 0.409 e. The molecule has 1 heterocycles. The van der Waals surface area contributed by atoms with E-state index in [1.165, 1.54) is 6.07 Å². The molecular formula is C10H7BrClF3O. The third-order valence-electron chi connectivity index (χ3n) is 2.34. The molecule has 0 saturated heterocycles. The van der Waals surface area contributed by atoms with E-state index in [0.717, 1.165) is 5.56 Å². The molecule has 2 rings (SSSR count). The first-order valence-corrected chi connectivity index (χ1v) is 5.78. The van der Waals surface area contributed by atoms with Crippen LogP contribution < -0.4 is 4.74 Å². The summed E-state index contributed by atoms with van der Waals surface area (Å²) in [6, 6.07) is 3.11. The molecule has 0 spiro atoms. The van der Waals surface area contributed by atoms with Crippen molar-refractivity contribution in [2.45, 2.75) is 18.0 Å². The molecule has 1 atom stereocenters. The van der Waals surface area contributed by atoms with Crippen molar-refractivity contribution >= 4 is 27.5 Å². The number of fused-ring (bicyclic) bond motifs is 1. The van der Waals surface area contributed by atoms with Crippen molar-refractivity contribution in [3.8, 4) is 5.75 Å². The molecule has 0 aromatic heterocycles. The molecule has 0 aliphatic carbocycles. The average Bonchev–Trinajstić information content (AvgIpc) is 2.61. The molecule has 0 amide bonds. The summed E-state index contributed by atoms with van der Waals surface area (Å²) in [4.78, 5) is 0. The lowest BCUT2D eigenvalue weighted by Crippen LogP contribution is -2.16. The topological polar surface area (TPSA) is 9.23 Å². The van der Waals surface area contributed by atoms with E-state index in [1.54, 1.807) is 6.07 Å². The lowest BCUT2D eigenvalue weighted by molar-refractivity contribution is -0.132. The van der Waals surface area contributed by atoms with Crippen molar-refractivity contribution in [1.82, 2.24) is 0 Å². The predicted octanol–water partition coefficient (Wildman–Crippen LogP) is 4.23. The Morgan fingerprint density at radius 3 is 2.69 bits per heavy atom. The summed E-state index contributed by atoms with van der Waals surface area (Å²) in [7, 11) is 0. The van der Waals surface area contributed by atoms with Crippen LogP contribution in [0, 0.1) is 0 Å². The third kappa shape index (κ3) is 2.15. The molecule has 1 aromatic carbocycles. The molecule has 0 saturated carbocycles. The highest BCUT2D eigenvalue weighted by Gasteiger charge is 2.42. The monoisotopic (exact) mass is 314 g/mol. The minimum absolute atomic E-state index is 0.0176. The summed E-state index contributed by atoms with van der Waals surface area (Å²) in [5.74, 6) is 0.278. The van der Waals surface area contributed by atoms with Gasteiger partial charge in [0, 0.05) is 16.5 Å². The summed E-state index contributed by atoms with van der Waals surface area (Å²) in [6.07, 6.45) is -3.86. The molecule has 1 aromatic rings. The Morgan fingerprint density at radius 1 is 1.38 bits per heavy atom. The van der Waals surface area contributed by atoms with Crippen LogP contribution in [-0.4, -0.2) is 12.8 Å². The van der Waals surface area contributed by atoms with Gasteiger partial charge in [0.05, 0.1) is 6.61 Å². The molecule has 1 aliphatic heterocycles. The van der Waals surface area contributed by atoms with Gasteiger partial charge in [-0.3, -0.25) is 0 Å². The summed E-state index contributed by atoms with van der Waals surface area (Å²) in [5.41, 5.74) is 0.746. The molecule has 88 valence electrons. The van der Waals surface area contributed by atoms with E-state index in [0.29, 0.717) is 17.5 Å². The van der Waals surface area contributed by atoms with Crippen LogP contribution in [0.4, 0.5) is 13.2 Å². The van der Waals surface area contributed by atoms with Crippen LogP contribution in [0.15, 0.2) is 16.6 Å². The van der Waals surface area contributed by atoms with Gasteiger partial charge < -0.3 is 4.74 Å². The van der Waals surface area contributed by atoms with Gasteiger partial charge in [0.1, 0.15) is 5.75 Å². The van der Waals surface area contributed by atoms with Gasteiger partial charge in [0.2, 0.25) is 0 Å². The Labute approximate surface area is 104 Å². The molecule has 16 heavy (non-hydrogen) atoms. The van der Waals surface area contributed by atoms with Crippen LogP contribution >= 0.6 is 27.5 Å². The highest BCUT2D eigenvalue weighted by atomic mass is 79.9. The van der Waals surface area contributed by atoms with E-state index >= 15 is 0 Å². The van der Waals surface area contributed by atoms with Crippen LogP contribution in [0.3, 0.4) is 0 Å². The van der Waals surface area contributed by atoms with Crippen LogP contribution in [0.1, 0.15) is 16.5 Å². The lowest BCUT2D eigenvalue weighted by atomic mass is 10.1. The van der Waals surface area contributed by atoms with Gasteiger partial charge in [0.15, 0.2) is 5.38 Å². The molecule has 0 bridgehead atoms. The number of benzene rings is 1. The number of halogens is 5. The molecule has 1 nitrogen and oxygen atoms in total. The van der Waals surface area contributed by atoms with Crippen molar-refractivity contribution in [3.63, 3.8) is 0 Å². The van der Waals surface area contributed by atoms with Crippen LogP contribution in [0.2, 0.25) is 0 Å². The zero-order chi connectivity index (χ0) is 11.9. The van der Waals surface area contributed by atoms with E-state index < -0.39 is 11.6 Å². The van der Waals surface area contributed by atoms with Gasteiger partial charge in [-0.1, -0.05) is 15.9 Å². The van der Waals surface area contributed by atoms with E-state index in [-0.39, 0.29) is 11.3 Å². The van der Waals surface area contributed by atoms with Crippen LogP contribution in [0.5, 0.6) is 5.75 Å². The Bertz CT molecular complexity index is 419. The van der Waals surface area contributed by atoms with Crippen molar-refractivity contribution in [2.24, 2.45) is 0 Å². The van der Waals surface area contributed by atoms with Crippen LogP contribution in [0.25, 0.3) is 0 Å². The van der Waals surface area contributed by atoms with Crippen molar-refractivity contribution < 1.29 is 17.9 Å². The van der Waals surface area contributed by atoms with E-state index in [1.807, 2.05) is 0 Å². The fraction of sp³-hybridized carbons (Fsp3) is 0.400. The van der Waals surface area contributed by atoms with Gasteiger partial charge in [-0.25, -0.2) is 0 Å². The second-order valence-electron chi connectivity index (χ2n) is 3.49. The third-order valence-corrected chi connectivity index (χ3v) is 3.28. The fourth-order valence-electron chi connectivity index (χ4n) is 1.66. The standard InChI is InChI=1S/C10H7BrClF3O/c11-6-3-5-1-2-16-8(5)7(4-6)9(12)10(13,14)15/h3-4,9H,1-2H2. The van der Waals surface area contributed by atoms with Crippen LogP contribution in [-0.2, 0) is 6.42 Å². The zero-order valence-electron chi connectivity index (χ0n) is 7.94. The highest BCUT2D eigenvalue weighted by Crippen LogP contribution is 2.45. The molecule has 6 heteroatoms. The summed E-state index contributed by atoms with van der Waals surface area (Å²) in [5, 5.41) is -2.03. The SMILES string of the molecule is FC(F)(F)C(Cl)c1cc(Br)cc2c1OCC2. The Kier molecular flexibility index (Phi) is 3.09. The van der Waals surface area contributed by atoms with Crippen molar-refractivity contribution in [1.29, 1.82) is 0 Å². The lowest BCUT2D eigenvalue weighted by Gasteiger charge is -2.17.